The van der Waals surface area contributed by atoms with E-state index in [2.05, 4.69) is 10.6 Å². The molecule has 0 saturated heterocycles. The molecule has 1 aromatic carbocycles. The fraction of sp³-hybridized carbons (Fsp3) is 0.500. The topological polar surface area (TPSA) is 78.4 Å². The first-order valence-electron chi connectivity index (χ1n) is 7.51. The van der Waals surface area contributed by atoms with Crippen LogP contribution in [0.4, 0.5) is 10.5 Å². The molecule has 3 rings (SSSR count). The lowest BCUT2D eigenvalue weighted by molar-refractivity contribution is 0.0697. The van der Waals surface area contributed by atoms with Crippen LogP contribution < -0.4 is 10.6 Å². The van der Waals surface area contributed by atoms with Crippen molar-refractivity contribution in [3.63, 3.8) is 0 Å². The maximum atomic E-state index is 11.9. The zero-order valence-electron chi connectivity index (χ0n) is 11.8. The Labute approximate surface area is 123 Å². The third-order valence-corrected chi connectivity index (χ3v) is 4.34. The molecule has 2 saturated carbocycles. The number of nitrogens with one attached hydrogen (secondary N) is 2. The van der Waals surface area contributed by atoms with Crippen molar-refractivity contribution in [2.75, 3.05) is 11.9 Å². The van der Waals surface area contributed by atoms with Crippen LogP contribution >= 0.6 is 0 Å². The monoisotopic (exact) mass is 288 g/mol. The standard InChI is InChI=1S/C16H20N2O3/c19-15(20)12-5-7-13(8-6-12)18-16(21)17-9-14(10-1-2-10)11-3-4-11/h5-8,10-11,14H,1-4,9H2,(H,19,20)(H2,17,18,21). The molecule has 112 valence electrons. The molecule has 5 heteroatoms. The van der Waals surface area contributed by atoms with Crippen LogP contribution in [-0.4, -0.2) is 23.7 Å². The van der Waals surface area contributed by atoms with Crippen molar-refractivity contribution in [1.29, 1.82) is 0 Å². The largest absolute Gasteiger partial charge is 0.478 e. The van der Waals surface area contributed by atoms with Crippen LogP contribution in [0.5, 0.6) is 0 Å². The number of carboxylic acids is 1. The lowest BCUT2D eigenvalue weighted by Gasteiger charge is -2.16. The summed E-state index contributed by atoms with van der Waals surface area (Å²) in [6, 6.07) is 5.94. The summed E-state index contributed by atoms with van der Waals surface area (Å²) in [5, 5.41) is 14.5. The van der Waals surface area contributed by atoms with Crippen LogP contribution in [0.25, 0.3) is 0 Å². The Hall–Kier alpha value is -2.04. The van der Waals surface area contributed by atoms with E-state index < -0.39 is 5.97 Å². The van der Waals surface area contributed by atoms with Gasteiger partial charge in [-0.3, -0.25) is 0 Å². The van der Waals surface area contributed by atoms with Crippen molar-refractivity contribution in [3.8, 4) is 0 Å². The van der Waals surface area contributed by atoms with E-state index in [0.29, 0.717) is 11.6 Å². The van der Waals surface area contributed by atoms with Crippen LogP contribution in [-0.2, 0) is 0 Å². The van der Waals surface area contributed by atoms with Gasteiger partial charge in [0.05, 0.1) is 5.56 Å². The second kappa shape index (κ2) is 5.76. The number of carbonyl (C=O) groups is 2. The molecule has 0 aromatic heterocycles. The van der Waals surface area contributed by atoms with Crippen LogP contribution in [0, 0.1) is 17.8 Å². The third-order valence-electron chi connectivity index (χ3n) is 4.34. The molecule has 0 atom stereocenters. The molecule has 0 heterocycles. The number of rotatable bonds is 6. The summed E-state index contributed by atoms with van der Waals surface area (Å²) in [7, 11) is 0. The van der Waals surface area contributed by atoms with Gasteiger partial charge in [0.25, 0.3) is 0 Å². The van der Waals surface area contributed by atoms with Crippen molar-refractivity contribution in [2.24, 2.45) is 17.8 Å². The number of urea groups is 1. The SMILES string of the molecule is O=C(NCC(C1CC1)C1CC1)Nc1ccc(C(=O)O)cc1. The maximum Gasteiger partial charge on any atom is 0.335 e. The van der Waals surface area contributed by atoms with Gasteiger partial charge in [-0.2, -0.15) is 0 Å². The van der Waals surface area contributed by atoms with Crippen LogP contribution in [0.1, 0.15) is 36.0 Å². The number of hydrogen-bond acceptors (Lipinski definition) is 2. The van der Waals surface area contributed by atoms with E-state index in [-0.39, 0.29) is 11.6 Å². The minimum Gasteiger partial charge on any atom is -0.478 e. The second-order valence-corrected chi connectivity index (χ2v) is 6.06. The highest BCUT2D eigenvalue weighted by Crippen LogP contribution is 2.48. The predicted octanol–water partition coefficient (Wildman–Crippen LogP) is 2.94. The first kappa shape index (κ1) is 13.9. The Kier molecular flexibility index (Phi) is 3.82. The summed E-state index contributed by atoms with van der Waals surface area (Å²) in [4.78, 5) is 22.6. The quantitative estimate of drug-likeness (QED) is 0.753. The number of benzene rings is 1. The minimum absolute atomic E-state index is 0.212. The number of anilines is 1. The van der Waals surface area contributed by atoms with Crippen molar-refractivity contribution < 1.29 is 14.7 Å². The molecule has 2 fully saturated rings. The Morgan fingerprint density at radius 1 is 1.10 bits per heavy atom. The van der Waals surface area contributed by atoms with E-state index in [0.717, 1.165) is 18.4 Å². The number of carbonyl (C=O) groups excluding carboxylic acids is 1. The zero-order chi connectivity index (χ0) is 14.8. The van der Waals surface area contributed by atoms with Gasteiger partial charge in [-0.15, -0.1) is 0 Å². The lowest BCUT2D eigenvalue weighted by Crippen LogP contribution is -2.34. The molecule has 0 unspecified atom stereocenters. The first-order valence-corrected chi connectivity index (χ1v) is 7.51. The minimum atomic E-state index is -0.970. The summed E-state index contributed by atoms with van der Waals surface area (Å²) < 4.78 is 0. The zero-order valence-corrected chi connectivity index (χ0v) is 11.8. The molecule has 3 N–H and O–H groups in total. The Morgan fingerprint density at radius 2 is 1.67 bits per heavy atom. The number of aromatic carboxylic acids is 1. The van der Waals surface area contributed by atoms with Crippen LogP contribution in [0.15, 0.2) is 24.3 Å². The third kappa shape index (κ3) is 3.74. The van der Waals surface area contributed by atoms with Gasteiger partial charge in [0, 0.05) is 12.2 Å². The average molecular weight is 288 g/mol. The Bertz CT molecular complexity index is 521. The number of hydrogen-bond donors (Lipinski definition) is 3. The van der Waals surface area contributed by atoms with Gasteiger partial charge in [-0.05, 0) is 67.7 Å². The summed E-state index contributed by atoms with van der Waals surface area (Å²) in [5.41, 5.74) is 0.815. The molecule has 1 aromatic rings. The predicted molar refractivity (Wildman–Crippen MR) is 79.4 cm³/mol. The van der Waals surface area contributed by atoms with Gasteiger partial charge in [0.1, 0.15) is 0 Å². The smallest absolute Gasteiger partial charge is 0.335 e. The molecule has 21 heavy (non-hydrogen) atoms. The van der Waals surface area contributed by atoms with E-state index >= 15 is 0 Å². The molecular weight excluding hydrogens is 268 g/mol. The van der Waals surface area contributed by atoms with Crippen molar-refractivity contribution in [2.45, 2.75) is 25.7 Å². The van der Waals surface area contributed by atoms with E-state index in [9.17, 15) is 9.59 Å². The highest BCUT2D eigenvalue weighted by Gasteiger charge is 2.41. The average Bonchev–Trinajstić information content (AvgIpc) is 3.33. The van der Waals surface area contributed by atoms with Crippen LogP contribution in [0.3, 0.4) is 0 Å². The highest BCUT2D eigenvalue weighted by molar-refractivity contribution is 5.91. The van der Waals surface area contributed by atoms with Crippen molar-refractivity contribution in [3.05, 3.63) is 29.8 Å². The summed E-state index contributed by atoms with van der Waals surface area (Å²) in [5.74, 6) is 1.30. The fourth-order valence-corrected chi connectivity index (χ4v) is 2.85. The van der Waals surface area contributed by atoms with Gasteiger partial charge >= 0.3 is 12.0 Å². The molecule has 5 nitrogen and oxygen atoms in total. The molecular formula is C16H20N2O3. The summed E-state index contributed by atoms with van der Waals surface area (Å²) in [6.07, 6.45) is 5.23. The first-order chi connectivity index (χ1) is 10.1. The molecule has 0 spiro atoms. The van der Waals surface area contributed by atoms with Crippen molar-refractivity contribution >= 4 is 17.7 Å². The molecule has 2 aliphatic rings. The molecule has 0 bridgehead atoms. The summed E-state index contributed by atoms with van der Waals surface area (Å²) >= 11 is 0. The highest BCUT2D eigenvalue weighted by atomic mass is 16.4. The second-order valence-electron chi connectivity index (χ2n) is 6.06. The number of carboxylic acid groups (broad SMARTS) is 1. The molecule has 0 radical (unpaired) electrons. The van der Waals surface area contributed by atoms with E-state index in [1.165, 1.54) is 37.8 Å². The fourth-order valence-electron chi connectivity index (χ4n) is 2.85. The van der Waals surface area contributed by atoms with Gasteiger partial charge in [-0.25, -0.2) is 9.59 Å². The van der Waals surface area contributed by atoms with Gasteiger partial charge in [-0.1, -0.05) is 0 Å². The molecule has 2 aliphatic carbocycles. The van der Waals surface area contributed by atoms with Crippen LogP contribution in [0.2, 0.25) is 0 Å². The normalized spacial score (nSPS) is 17.6. The van der Waals surface area contributed by atoms with Gasteiger partial charge in [0.2, 0.25) is 0 Å². The van der Waals surface area contributed by atoms with E-state index in [1.54, 1.807) is 12.1 Å². The molecule has 2 amide bonds. The van der Waals surface area contributed by atoms with Gasteiger partial charge in [0.15, 0.2) is 0 Å². The van der Waals surface area contributed by atoms with Gasteiger partial charge < -0.3 is 15.7 Å². The lowest BCUT2D eigenvalue weighted by atomic mass is 9.98. The van der Waals surface area contributed by atoms with E-state index in [4.69, 9.17) is 5.11 Å². The Balaban J connectivity index is 1.48. The summed E-state index contributed by atoms with van der Waals surface area (Å²) in [6.45, 7) is 0.744. The number of amides is 2. The Morgan fingerprint density at radius 3 is 2.14 bits per heavy atom. The molecule has 0 aliphatic heterocycles. The van der Waals surface area contributed by atoms with Crippen molar-refractivity contribution in [1.82, 2.24) is 5.32 Å². The van der Waals surface area contributed by atoms with E-state index in [1.807, 2.05) is 0 Å². The maximum absolute atomic E-state index is 11.9.